The zero-order chi connectivity index (χ0) is 13.4. The lowest BCUT2D eigenvalue weighted by molar-refractivity contribution is -0.133. The number of aryl methyl sites for hydroxylation is 1. The largest absolute Gasteiger partial charge is 0.352 e. The fraction of sp³-hybridized carbons (Fsp3) is 0.769. The quantitative estimate of drug-likeness (QED) is 0.685. The Hall–Kier alpha value is -0.910. The van der Waals surface area contributed by atoms with Crippen LogP contribution in [0.15, 0.2) is 12.4 Å². The van der Waals surface area contributed by atoms with E-state index < -0.39 is 0 Å². The Labute approximate surface area is 109 Å². The molecule has 104 valence electrons. The van der Waals surface area contributed by atoms with Gasteiger partial charge in [0, 0.05) is 44.1 Å². The van der Waals surface area contributed by atoms with Gasteiger partial charge in [-0.1, -0.05) is 0 Å². The molecular weight excluding hydrogens is 230 g/mol. The van der Waals surface area contributed by atoms with E-state index in [-0.39, 0.29) is 12.3 Å². The molecule has 1 N–H and O–H groups in total. The zero-order valence-corrected chi connectivity index (χ0v) is 11.8. The predicted molar refractivity (Wildman–Crippen MR) is 71.4 cm³/mol. The second kappa shape index (κ2) is 8.24. The van der Waals surface area contributed by atoms with Crippen molar-refractivity contribution in [3.8, 4) is 0 Å². The van der Waals surface area contributed by atoms with Crippen LogP contribution in [0.3, 0.4) is 0 Å². The van der Waals surface area contributed by atoms with Gasteiger partial charge in [-0.2, -0.15) is 5.10 Å². The number of hydrogen-bond donors (Lipinski definition) is 1. The van der Waals surface area contributed by atoms with E-state index >= 15 is 0 Å². The number of aromatic nitrogens is 2. The van der Waals surface area contributed by atoms with Gasteiger partial charge in [0.15, 0.2) is 6.29 Å². The van der Waals surface area contributed by atoms with Crippen LogP contribution in [0.1, 0.15) is 39.3 Å². The fourth-order valence-electron chi connectivity index (χ4n) is 1.70. The molecule has 5 heteroatoms. The van der Waals surface area contributed by atoms with Crippen molar-refractivity contribution in [2.45, 2.75) is 46.6 Å². The van der Waals surface area contributed by atoms with Crippen LogP contribution in [0, 0.1) is 0 Å². The molecule has 1 unspecified atom stereocenters. The van der Waals surface area contributed by atoms with Crippen molar-refractivity contribution in [2.24, 2.45) is 0 Å². The molecule has 0 aliphatic carbocycles. The molecule has 0 amide bonds. The first-order valence-electron chi connectivity index (χ1n) is 6.70. The van der Waals surface area contributed by atoms with Crippen molar-refractivity contribution in [1.29, 1.82) is 0 Å². The van der Waals surface area contributed by atoms with Crippen molar-refractivity contribution in [2.75, 3.05) is 19.8 Å². The molecular formula is C13H25N3O2. The Morgan fingerprint density at radius 2 is 1.94 bits per heavy atom. The fourth-order valence-corrected chi connectivity index (χ4v) is 1.70. The molecule has 0 saturated heterocycles. The van der Waals surface area contributed by atoms with Gasteiger partial charge in [0.25, 0.3) is 0 Å². The van der Waals surface area contributed by atoms with Crippen LogP contribution in [0.4, 0.5) is 0 Å². The highest BCUT2D eigenvalue weighted by molar-refractivity contribution is 5.09. The summed E-state index contributed by atoms with van der Waals surface area (Å²) in [6.07, 6.45) is 3.79. The van der Waals surface area contributed by atoms with Crippen LogP contribution in [-0.4, -0.2) is 35.8 Å². The van der Waals surface area contributed by atoms with Gasteiger partial charge in [0.05, 0.1) is 6.20 Å². The molecule has 0 aliphatic heterocycles. The molecule has 1 atom stereocenters. The van der Waals surface area contributed by atoms with E-state index in [9.17, 15) is 0 Å². The summed E-state index contributed by atoms with van der Waals surface area (Å²) < 4.78 is 12.9. The van der Waals surface area contributed by atoms with Gasteiger partial charge in [-0.25, -0.2) is 0 Å². The molecule has 0 spiro atoms. The van der Waals surface area contributed by atoms with E-state index in [1.165, 1.54) is 5.56 Å². The Balaban J connectivity index is 2.40. The van der Waals surface area contributed by atoms with Crippen LogP contribution in [0.2, 0.25) is 0 Å². The average molecular weight is 255 g/mol. The van der Waals surface area contributed by atoms with Crippen molar-refractivity contribution >= 4 is 0 Å². The average Bonchev–Trinajstić information content (AvgIpc) is 2.85. The lowest BCUT2D eigenvalue weighted by Gasteiger charge is -2.20. The van der Waals surface area contributed by atoms with Gasteiger partial charge in [-0.15, -0.1) is 0 Å². The molecule has 1 aromatic rings. The van der Waals surface area contributed by atoms with E-state index in [4.69, 9.17) is 9.47 Å². The number of nitrogens with one attached hydrogen (secondary N) is 1. The van der Waals surface area contributed by atoms with Gasteiger partial charge in [-0.3, -0.25) is 4.68 Å². The third kappa shape index (κ3) is 4.76. The molecule has 0 radical (unpaired) electrons. The maximum absolute atomic E-state index is 5.49. The topological polar surface area (TPSA) is 48.3 Å². The van der Waals surface area contributed by atoms with Crippen LogP contribution in [0.5, 0.6) is 0 Å². The normalized spacial score (nSPS) is 13.2. The van der Waals surface area contributed by atoms with Crippen LogP contribution < -0.4 is 5.32 Å². The third-order valence-corrected chi connectivity index (χ3v) is 2.77. The van der Waals surface area contributed by atoms with E-state index in [1.807, 2.05) is 24.7 Å². The highest BCUT2D eigenvalue weighted by Crippen LogP contribution is 2.11. The highest BCUT2D eigenvalue weighted by Gasteiger charge is 2.12. The zero-order valence-electron chi connectivity index (χ0n) is 11.8. The number of hydrogen-bond acceptors (Lipinski definition) is 4. The monoisotopic (exact) mass is 255 g/mol. The molecule has 0 aromatic carbocycles. The maximum atomic E-state index is 5.49. The van der Waals surface area contributed by atoms with Gasteiger partial charge < -0.3 is 14.8 Å². The Bertz CT molecular complexity index is 322. The van der Waals surface area contributed by atoms with Crippen LogP contribution in [-0.2, 0) is 16.0 Å². The summed E-state index contributed by atoms with van der Waals surface area (Å²) in [6, 6.07) is 0.244. The van der Waals surface area contributed by atoms with Crippen molar-refractivity contribution in [1.82, 2.24) is 15.1 Å². The smallest absolute Gasteiger partial charge is 0.169 e. The Morgan fingerprint density at radius 3 is 2.44 bits per heavy atom. The Morgan fingerprint density at radius 1 is 1.28 bits per heavy atom. The molecule has 1 rings (SSSR count). The molecule has 5 nitrogen and oxygen atoms in total. The number of ether oxygens (including phenoxy) is 2. The second-order valence-corrected chi connectivity index (χ2v) is 4.10. The van der Waals surface area contributed by atoms with E-state index in [0.717, 1.165) is 6.54 Å². The van der Waals surface area contributed by atoms with Gasteiger partial charge in [0.2, 0.25) is 0 Å². The molecule has 1 heterocycles. The highest BCUT2D eigenvalue weighted by atomic mass is 16.7. The minimum absolute atomic E-state index is 0.177. The summed E-state index contributed by atoms with van der Waals surface area (Å²) in [4.78, 5) is 0. The molecule has 0 saturated carbocycles. The maximum Gasteiger partial charge on any atom is 0.169 e. The van der Waals surface area contributed by atoms with Gasteiger partial charge in [-0.05, 0) is 27.7 Å². The predicted octanol–water partition coefficient (Wildman–Crippen LogP) is 1.95. The van der Waals surface area contributed by atoms with E-state index in [2.05, 4.69) is 30.5 Å². The standard InChI is InChI=1S/C13H25N3O2/c1-5-16-10-12(8-15-16)11(4)14-9-13(17-6-2)18-7-3/h8,10-11,13-14H,5-7,9H2,1-4H3. The molecule has 18 heavy (non-hydrogen) atoms. The molecule has 0 fully saturated rings. The van der Waals surface area contributed by atoms with E-state index in [1.54, 1.807) is 0 Å². The summed E-state index contributed by atoms with van der Waals surface area (Å²) in [6.45, 7) is 11.0. The molecule has 0 aliphatic rings. The summed E-state index contributed by atoms with van der Waals surface area (Å²) in [5.74, 6) is 0. The minimum Gasteiger partial charge on any atom is -0.352 e. The van der Waals surface area contributed by atoms with Gasteiger partial charge in [0.1, 0.15) is 0 Å². The third-order valence-electron chi connectivity index (χ3n) is 2.77. The summed E-state index contributed by atoms with van der Waals surface area (Å²) in [7, 11) is 0. The van der Waals surface area contributed by atoms with Crippen LogP contribution >= 0.6 is 0 Å². The minimum atomic E-state index is -0.177. The van der Waals surface area contributed by atoms with E-state index in [0.29, 0.717) is 19.8 Å². The summed E-state index contributed by atoms with van der Waals surface area (Å²) in [5.41, 5.74) is 1.18. The van der Waals surface area contributed by atoms with Crippen molar-refractivity contribution in [3.63, 3.8) is 0 Å². The number of nitrogens with zero attached hydrogens (tertiary/aromatic N) is 2. The molecule has 0 bridgehead atoms. The lowest BCUT2D eigenvalue weighted by atomic mass is 10.2. The summed E-state index contributed by atoms with van der Waals surface area (Å²) in [5, 5.41) is 7.67. The Kier molecular flexibility index (Phi) is 6.93. The van der Waals surface area contributed by atoms with Gasteiger partial charge >= 0.3 is 0 Å². The first-order valence-corrected chi connectivity index (χ1v) is 6.70. The van der Waals surface area contributed by atoms with Crippen molar-refractivity contribution in [3.05, 3.63) is 18.0 Å². The molecule has 1 aromatic heterocycles. The second-order valence-electron chi connectivity index (χ2n) is 4.10. The lowest BCUT2D eigenvalue weighted by Crippen LogP contribution is -2.33. The van der Waals surface area contributed by atoms with Crippen molar-refractivity contribution < 1.29 is 9.47 Å². The van der Waals surface area contributed by atoms with Crippen LogP contribution in [0.25, 0.3) is 0 Å². The summed E-state index contributed by atoms with van der Waals surface area (Å²) >= 11 is 0. The SMILES string of the molecule is CCOC(CNC(C)c1cnn(CC)c1)OCC. The first-order chi connectivity index (χ1) is 8.71. The first kappa shape index (κ1) is 15.1. The number of rotatable bonds is 9.